The topological polar surface area (TPSA) is 69.3 Å². The fourth-order valence-corrected chi connectivity index (χ4v) is 3.53. The highest BCUT2D eigenvalue weighted by Gasteiger charge is 2.24. The molecule has 0 aliphatic carbocycles. The van der Waals surface area contributed by atoms with Gasteiger partial charge in [-0.15, -0.1) is 0 Å². The van der Waals surface area contributed by atoms with Crippen LogP contribution in [-0.4, -0.2) is 65.0 Å². The van der Waals surface area contributed by atoms with Crippen molar-refractivity contribution in [2.45, 2.75) is 6.04 Å². The van der Waals surface area contributed by atoms with Crippen LogP contribution in [0.25, 0.3) is 0 Å². The van der Waals surface area contributed by atoms with E-state index < -0.39 is 0 Å². The lowest BCUT2D eigenvalue weighted by atomic mass is 10.0. The van der Waals surface area contributed by atoms with Crippen molar-refractivity contribution in [1.29, 1.82) is 0 Å². The van der Waals surface area contributed by atoms with Crippen LogP contribution < -0.4 is 19.5 Å². The normalized spacial score (nSPS) is 15.4. The number of nitrogens with one attached hydrogen (secondary N) is 1. The number of amides is 1. The quantitative estimate of drug-likeness (QED) is 0.734. The van der Waals surface area contributed by atoms with Crippen molar-refractivity contribution in [2.75, 3.05) is 54.2 Å². The minimum atomic E-state index is -0.196. The van der Waals surface area contributed by atoms with E-state index in [4.69, 9.17) is 18.9 Å². The average Bonchev–Trinajstić information content (AvgIpc) is 2.79. The maximum atomic E-state index is 12.9. The van der Waals surface area contributed by atoms with Gasteiger partial charge >= 0.3 is 0 Å². The molecule has 156 valence electrons. The molecule has 0 saturated carbocycles. The number of rotatable bonds is 8. The van der Waals surface area contributed by atoms with Crippen molar-refractivity contribution in [3.8, 4) is 17.2 Å². The van der Waals surface area contributed by atoms with Gasteiger partial charge in [-0.25, -0.2) is 0 Å². The number of carbonyl (C=O) groups excluding carboxylic acids is 1. The van der Waals surface area contributed by atoms with Gasteiger partial charge in [0.25, 0.3) is 5.91 Å². The van der Waals surface area contributed by atoms with Crippen LogP contribution in [0, 0.1) is 0 Å². The fraction of sp³-hybridized carbons (Fsp3) is 0.409. The van der Waals surface area contributed by atoms with Crippen LogP contribution in [0.15, 0.2) is 42.5 Å². The molecule has 1 N–H and O–H groups in total. The molecule has 0 aromatic heterocycles. The van der Waals surface area contributed by atoms with Gasteiger partial charge in [0.15, 0.2) is 11.5 Å². The maximum Gasteiger partial charge on any atom is 0.251 e. The standard InChI is InChI=1S/C22H28N2O5/c1-26-19-13-17(14-20(27-2)21(19)28-3)22(25)23-15-18(16-7-5-4-6-8-16)24-9-11-29-12-10-24/h4-8,13-14,18H,9-12,15H2,1-3H3,(H,23,25). The number of morpholine rings is 1. The highest BCUT2D eigenvalue weighted by atomic mass is 16.5. The predicted octanol–water partition coefficient (Wildman–Crippen LogP) is 2.52. The molecule has 7 nitrogen and oxygen atoms in total. The molecule has 1 aliphatic heterocycles. The lowest BCUT2D eigenvalue weighted by Gasteiger charge is -2.35. The van der Waals surface area contributed by atoms with E-state index in [1.807, 2.05) is 18.2 Å². The van der Waals surface area contributed by atoms with E-state index in [2.05, 4.69) is 22.3 Å². The first kappa shape index (κ1) is 21.0. The molecule has 1 saturated heterocycles. The van der Waals surface area contributed by atoms with E-state index in [1.165, 1.54) is 26.9 Å². The van der Waals surface area contributed by atoms with Crippen LogP contribution in [0.4, 0.5) is 0 Å². The zero-order chi connectivity index (χ0) is 20.6. The lowest BCUT2D eigenvalue weighted by Crippen LogP contribution is -2.43. The monoisotopic (exact) mass is 400 g/mol. The van der Waals surface area contributed by atoms with Crippen LogP contribution >= 0.6 is 0 Å². The predicted molar refractivity (Wildman–Crippen MR) is 110 cm³/mol. The summed E-state index contributed by atoms with van der Waals surface area (Å²) in [5.41, 5.74) is 1.62. The first-order valence-electron chi connectivity index (χ1n) is 9.63. The van der Waals surface area contributed by atoms with E-state index >= 15 is 0 Å². The molecule has 1 amide bonds. The van der Waals surface area contributed by atoms with Crippen LogP contribution in [0.1, 0.15) is 22.0 Å². The Kier molecular flexibility index (Phi) is 7.32. The molecule has 29 heavy (non-hydrogen) atoms. The number of hydrogen-bond donors (Lipinski definition) is 1. The molecule has 0 radical (unpaired) electrons. The van der Waals surface area contributed by atoms with E-state index in [1.54, 1.807) is 12.1 Å². The van der Waals surface area contributed by atoms with Crippen LogP contribution in [-0.2, 0) is 4.74 Å². The maximum absolute atomic E-state index is 12.9. The van der Waals surface area contributed by atoms with Crippen LogP contribution in [0.3, 0.4) is 0 Å². The van der Waals surface area contributed by atoms with Crippen molar-refractivity contribution in [3.05, 3.63) is 53.6 Å². The van der Waals surface area contributed by atoms with Gasteiger partial charge in [0.1, 0.15) is 0 Å². The highest BCUT2D eigenvalue weighted by Crippen LogP contribution is 2.38. The number of nitrogens with zero attached hydrogens (tertiary/aromatic N) is 1. The van der Waals surface area contributed by atoms with E-state index in [0.29, 0.717) is 42.6 Å². The summed E-state index contributed by atoms with van der Waals surface area (Å²) in [6.45, 7) is 3.55. The average molecular weight is 400 g/mol. The Labute approximate surface area is 171 Å². The molecule has 3 rings (SSSR count). The third-order valence-electron chi connectivity index (χ3n) is 5.05. The summed E-state index contributed by atoms with van der Waals surface area (Å²) in [4.78, 5) is 15.2. The number of hydrogen-bond acceptors (Lipinski definition) is 6. The molecule has 1 atom stereocenters. The van der Waals surface area contributed by atoms with E-state index in [-0.39, 0.29) is 11.9 Å². The number of carbonyl (C=O) groups is 1. The summed E-state index contributed by atoms with van der Waals surface area (Å²) in [6, 6.07) is 13.6. The fourth-order valence-electron chi connectivity index (χ4n) is 3.53. The molecule has 1 fully saturated rings. The summed E-state index contributed by atoms with van der Waals surface area (Å²) in [7, 11) is 4.60. The summed E-state index contributed by atoms with van der Waals surface area (Å²) >= 11 is 0. The third kappa shape index (κ3) is 4.99. The van der Waals surface area contributed by atoms with Crippen LogP contribution in [0.2, 0.25) is 0 Å². The Morgan fingerprint density at radius 2 is 1.66 bits per heavy atom. The molecule has 0 spiro atoms. The van der Waals surface area contributed by atoms with Crippen molar-refractivity contribution in [1.82, 2.24) is 10.2 Å². The third-order valence-corrected chi connectivity index (χ3v) is 5.05. The molecular weight excluding hydrogens is 372 g/mol. The summed E-state index contributed by atoms with van der Waals surface area (Å²) in [5, 5.41) is 3.06. The summed E-state index contributed by atoms with van der Waals surface area (Å²) < 4.78 is 21.5. The Morgan fingerprint density at radius 1 is 1.03 bits per heavy atom. The summed E-state index contributed by atoms with van der Waals surface area (Å²) in [5.74, 6) is 1.16. The van der Waals surface area contributed by atoms with Crippen molar-refractivity contribution >= 4 is 5.91 Å². The second-order valence-electron chi connectivity index (χ2n) is 6.70. The Bertz CT molecular complexity index is 781. The van der Waals surface area contributed by atoms with Gasteiger partial charge in [-0.2, -0.15) is 0 Å². The number of ether oxygens (including phenoxy) is 4. The van der Waals surface area contributed by atoms with Crippen molar-refractivity contribution in [2.24, 2.45) is 0 Å². The van der Waals surface area contributed by atoms with Gasteiger partial charge < -0.3 is 24.3 Å². The van der Waals surface area contributed by atoms with Gasteiger partial charge in [0.05, 0.1) is 40.6 Å². The highest BCUT2D eigenvalue weighted by molar-refractivity contribution is 5.95. The zero-order valence-corrected chi connectivity index (χ0v) is 17.1. The molecule has 1 aliphatic rings. The number of methoxy groups -OCH3 is 3. The smallest absolute Gasteiger partial charge is 0.251 e. The molecule has 7 heteroatoms. The Hall–Kier alpha value is -2.77. The molecule has 0 bridgehead atoms. The van der Waals surface area contributed by atoms with Crippen molar-refractivity contribution < 1.29 is 23.7 Å². The number of benzene rings is 2. The minimum Gasteiger partial charge on any atom is -0.493 e. The van der Waals surface area contributed by atoms with E-state index in [9.17, 15) is 4.79 Å². The van der Waals surface area contributed by atoms with Gasteiger partial charge in [0, 0.05) is 25.2 Å². The lowest BCUT2D eigenvalue weighted by molar-refractivity contribution is 0.0162. The first-order chi connectivity index (χ1) is 14.2. The van der Waals surface area contributed by atoms with Crippen molar-refractivity contribution in [3.63, 3.8) is 0 Å². The van der Waals surface area contributed by atoms with E-state index in [0.717, 1.165) is 13.1 Å². The summed E-state index contributed by atoms with van der Waals surface area (Å²) in [6.07, 6.45) is 0. The molecule has 2 aromatic rings. The van der Waals surface area contributed by atoms with Gasteiger partial charge in [-0.05, 0) is 17.7 Å². The zero-order valence-electron chi connectivity index (χ0n) is 17.1. The Balaban J connectivity index is 1.78. The molecule has 1 heterocycles. The largest absolute Gasteiger partial charge is 0.493 e. The van der Waals surface area contributed by atoms with Gasteiger partial charge in [-0.1, -0.05) is 30.3 Å². The second-order valence-corrected chi connectivity index (χ2v) is 6.70. The first-order valence-corrected chi connectivity index (χ1v) is 9.63. The second kappa shape index (κ2) is 10.1. The Morgan fingerprint density at radius 3 is 2.21 bits per heavy atom. The molecular formula is C22H28N2O5. The van der Waals surface area contributed by atoms with Gasteiger partial charge in [0.2, 0.25) is 5.75 Å². The van der Waals surface area contributed by atoms with Crippen LogP contribution in [0.5, 0.6) is 17.2 Å². The SMILES string of the molecule is COc1cc(C(=O)NCC(c2ccccc2)N2CCOCC2)cc(OC)c1OC. The molecule has 2 aromatic carbocycles. The van der Waals surface area contributed by atoms with Gasteiger partial charge in [-0.3, -0.25) is 9.69 Å². The minimum absolute atomic E-state index is 0.0751. The molecule has 1 unspecified atom stereocenters.